The summed E-state index contributed by atoms with van der Waals surface area (Å²) >= 11 is 0. The van der Waals surface area contributed by atoms with Crippen LogP contribution < -0.4 is 0 Å². The Morgan fingerprint density at radius 2 is 0.981 bits per heavy atom. The standard InChI is InChI=1S/C50H31NO/c1-4-15-32(16-5-1)47-42-30-29-40-39-24-14-23-36(48(39)52-49(40)46(42)41-22-11-13-26-45(41)51-47)33-27-28-38-37-21-10-12-25-43(37)50(44(38)31-33,34-17-6-2-7-18-34)35-19-8-3-9-20-35/h1-31H. The molecular weight excluding hydrogens is 631 g/mol. The molecule has 0 fully saturated rings. The van der Waals surface area contributed by atoms with E-state index >= 15 is 0 Å². The first-order chi connectivity index (χ1) is 25.8. The number of hydrogen-bond donors (Lipinski definition) is 0. The van der Waals surface area contributed by atoms with Gasteiger partial charge < -0.3 is 4.42 Å². The zero-order chi connectivity index (χ0) is 34.2. The fourth-order valence-corrected chi connectivity index (χ4v) is 8.95. The third-order valence-electron chi connectivity index (χ3n) is 11.1. The molecule has 0 spiro atoms. The van der Waals surface area contributed by atoms with Gasteiger partial charge in [-0.15, -0.1) is 0 Å². The van der Waals surface area contributed by atoms with Crippen molar-refractivity contribution in [3.63, 3.8) is 0 Å². The number of pyridine rings is 1. The van der Waals surface area contributed by atoms with Crippen molar-refractivity contribution in [3.05, 3.63) is 210 Å². The molecule has 2 heterocycles. The molecule has 0 N–H and O–H groups in total. The summed E-state index contributed by atoms with van der Waals surface area (Å²) in [4.78, 5) is 5.17. The minimum Gasteiger partial charge on any atom is -0.455 e. The molecule has 0 aliphatic heterocycles. The van der Waals surface area contributed by atoms with E-state index in [0.29, 0.717) is 0 Å². The number of hydrogen-bond acceptors (Lipinski definition) is 2. The van der Waals surface area contributed by atoms with Gasteiger partial charge in [0.15, 0.2) is 0 Å². The van der Waals surface area contributed by atoms with Gasteiger partial charge in [0, 0.05) is 38.1 Å². The molecule has 10 aromatic rings. The van der Waals surface area contributed by atoms with Crippen LogP contribution in [0.15, 0.2) is 192 Å². The maximum Gasteiger partial charge on any atom is 0.144 e. The van der Waals surface area contributed by atoms with Crippen LogP contribution in [0.4, 0.5) is 0 Å². The maximum atomic E-state index is 7.12. The van der Waals surface area contributed by atoms with Crippen LogP contribution in [0.2, 0.25) is 0 Å². The summed E-state index contributed by atoms with van der Waals surface area (Å²) in [7, 11) is 0. The number of rotatable bonds is 4. The van der Waals surface area contributed by atoms with Crippen molar-refractivity contribution in [2.75, 3.05) is 0 Å². The Kier molecular flexibility index (Phi) is 6.20. The van der Waals surface area contributed by atoms with E-state index in [0.717, 1.165) is 66.0 Å². The summed E-state index contributed by atoms with van der Waals surface area (Å²) in [6.07, 6.45) is 0. The monoisotopic (exact) mass is 661 g/mol. The van der Waals surface area contributed by atoms with Crippen molar-refractivity contribution in [2.45, 2.75) is 5.41 Å². The Morgan fingerprint density at radius 1 is 0.385 bits per heavy atom. The number of aromatic nitrogens is 1. The van der Waals surface area contributed by atoms with Crippen molar-refractivity contribution in [3.8, 4) is 33.5 Å². The van der Waals surface area contributed by atoms with Gasteiger partial charge in [0.1, 0.15) is 11.2 Å². The Labute approximate surface area is 301 Å². The SMILES string of the molecule is c1ccc(-c2nc3ccccc3c3c2ccc2c4cccc(-c5ccc6c(c5)C(c5ccccc5)(c5ccccc5)c5ccccc5-6)c4oc23)cc1. The Balaban J connectivity index is 1.20. The molecule has 2 aromatic heterocycles. The molecule has 1 aliphatic carbocycles. The minimum atomic E-state index is -0.470. The number of para-hydroxylation sites is 2. The molecule has 0 bridgehead atoms. The Hall–Kier alpha value is -6.77. The van der Waals surface area contributed by atoms with E-state index in [1.807, 2.05) is 6.07 Å². The average Bonchev–Trinajstić information content (AvgIpc) is 3.75. The van der Waals surface area contributed by atoms with Crippen LogP contribution >= 0.6 is 0 Å². The lowest BCUT2D eigenvalue weighted by molar-refractivity contribution is 0.674. The predicted octanol–water partition coefficient (Wildman–Crippen LogP) is 13.0. The lowest BCUT2D eigenvalue weighted by Crippen LogP contribution is -2.28. The van der Waals surface area contributed by atoms with Crippen molar-refractivity contribution in [2.24, 2.45) is 0 Å². The first-order valence-corrected chi connectivity index (χ1v) is 17.9. The highest BCUT2D eigenvalue weighted by molar-refractivity contribution is 6.25. The summed E-state index contributed by atoms with van der Waals surface area (Å²) in [6, 6.07) is 67.8. The fourth-order valence-electron chi connectivity index (χ4n) is 8.95. The largest absolute Gasteiger partial charge is 0.455 e. The number of benzene rings is 8. The molecule has 0 atom stereocenters. The lowest BCUT2D eigenvalue weighted by atomic mass is 9.67. The van der Waals surface area contributed by atoms with Gasteiger partial charge in [-0.1, -0.05) is 170 Å². The van der Waals surface area contributed by atoms with Crippen LogP contribution in [0, 0.1) is 0 Å². The van der Waals surface area contributed by atoms with Gasteiger partial charge >= 0.3 is 0 Å². The molecule has 11 rings (SSSR count). The van der Waals surface area contributed by atoms with Gasteiger partial charge in [0.2, 0.25) is 0 Å². The van der Waals surface area contributed by atoms with Crippen molar-refractivity contribution >= 4 is 43.6 Å². The maximum absolute atomic E-state index is 7.12. The molecule has 0 saturated carbocycles. The van der Waals surface area contributed by atoms with Crippen LogP contribution in [0.1, 0.15) is 22.3 Å². The van der Waals surface area contributed by atoms with Crippen LogP contribution in [0.5, 0.6) is 0 Å². The van der Waals surface area contributed by atoms with Crippen LogP contribution in [0.25, 0.3) is 77.1 Å². The Bertz CT molecular complexity index is 2960. The van der Waals surface area contributed by atoms with E-state index in [-0.39, 0.29) is 0 Å². The van der Waals surface area contributed by atoms with Crippen molar-refractivity contribution in [1.82, 2.24) is 4.98 Å². The molecule has 0 amide bonds. The van der Waals surface area contributed by atoms with E-state index in [1.54, 1.807) is 0 Å². The zero-order valence-electron chi connectivity index (χ0n) is 28.3. The van der Waals surface area contributed by atoms with Gasteiger partial charge in [0.05, 0.1) is 16.6 Å². The van der Waals surface area contributed by atoms with Crippen LogP contribution in [-0.4, -0.2) is 4.98 Å². The molecule has 0 unspecified atom stereocenters. The third-order valence-corrected chi connectivity index (χ3v) is 11.1. The summed E-state index contributed by atoms with van der Waals surface area (Å²) in [6.45, 7) is 0. The predicted molar refractivity (Wildman–Crippen MR) is 215 cm³/mol. The van der Waals surface area contributed by atoms with Crippen LogP contribution in [0.3, 0.4) is 0 Å². The van der Waals surface area contributed by atoms with Gasteiger partial charge in [-0.2, -0.15) is 0 Å². The molecule has 2 heteroatoms. The number of fused-ring (bicyclic) bond motifs is 10. The van der Waals surface area contributed by atoms with E-state index in [2.05, 4.69) is 182 Å². The summed E-state index contributed by atoms with van der Waals surface area (Å²) in [5.41, 5.74) is 14.2. The van der Waals surface area contributed by atoms with Crippen molar-refractivity contribution < 1.29 is 4.42 Å². The van der Waals surface area contributed by atoms with E-state index in [4.69, 9.17) is 9.40 Å². The van der Waals surface area contributed by atoms with E-state index < -0.39 is 5.41 Å². The molecular formula is C50H31NO. The van der Waals surface area contributed by atoms with Gasteiger partial charge in [-0.25, -0.2) is 4.98 Å². The summed E-state index contributed by atoms with van der Waals surface area (Å²) in [5.74, 6) is 0. The summed E-state index contributed by atoms with van der Waals surface area (Å²) < 4.78 is 7.12. The molecule has 1 aliphatic rings. The van der Waals surface area contributed by atoms with Gasteiger partial charge in [-0.3, -0.25) is 0 Å². The number of furan rings is 1. The summed E-state index contributed by atoms with van der Waals surface area (Å²) in [5, 5.41) is 5.49. The van der Waals surface area contributed by atoms with Crippen LogP contribution in [-0.2, 0) is 5.41 Å². The van der Waals surface area contributed by atoms with Gasteiger partial charge in [0.25, 0.3) is 0 Å². The smallest absolute Gasteiger partial charge is 0.144 e. The topological polar surface area (TPSA) is 26.0 Å². The quantitative estimate of drug-likeness (QED) is 0.175. The minimum absolute atomic E-state index is 0.470. The highest BCUT2D eigenvalue weighted by Crippen LogP contribution is 2.57. The second kappa shape index (κ2) is 11.1. The first kappa shape index (κ1) is 29.0. The molecule has 0 radical (unpaired) electrons. The third kappa shape index (κ3) is 3.98. The number of nitrogens with zero attached hydrogens (tertiary/aromatic N) is 1. The second-order valence-corrected chi connectivity index (χ2v) is 13.8. The molecule has 8 aromatic carbocycles. The van der Waals surface area contributed by atoms with E-state index in [1.165, 1.54) is 33.4 Å². The fraction of sp³-hybridized carbons (Fsp3) is 0.0200. The zero-order valence-corrected chi connectivity index (χ0v) is 28.3. The highest BCUT2D eigenvalue weighted by atomic mass is 16.3. The first-order valence-electron chi connectivity index (χ1n) is 17.9. The molecule has 2 nitrogen and oxygen atoms in total. The molecule has 0 saturated heterocycles. The lowest BCUT2D eigenvalue weighted by Gasteiger charge is -2.34. The Morgan fingerprint density at radius 3 is 1.77 bits per heavy atom. The van der Waals surface area contributed by atoms with Crippen molar-refractivity contribution in [1.29, 1.82) is 0 Å². The normalized spacial score (nSPS) is 13.2. The second-order valence-electron chi connectivity index (χ2n) is 13.8. The van der Waals surface area contributed by atoms with E-state index in [9.17, 15) is 0 Å². The molecule has 52 heavy (non-hydrogen) atoms. The molecule has 242 valence electrons. The average molecular weight is 662 g/mol. The highest BCUT2D eigenvalue weighted by Gasteiger charge is 2.46. The van der Waals surface area contributed by atoms with Gasteiger partial charge in [-0.05, 0) is 57.1 Å².